The Labute approximate surface area is 182 Å². The van der Waals surface area contributed by atoms with Gasteiger partial charge in [0.25, 0.3) is 0 Å². The van der Waals surface area contributed by atoms with E-state index in [4.69, 9.17) is 4.74 Å². The third-order valence-electron chi connectivity index (χ3n) is 6.32. The van der Waals surface area contributed by atoms with Crippen LogP contribution in [0.1, 0.15) is 24.5 Å². The highest BCUT2D eigenvalue weighted by atomic mass is 19.1. The van der Waals surface area contributed by atoms with Gasteiger partial charge in [0.15, 0.2) is 0 Å². The van der Waals surface area contributed by atoms with Crippen LogP contribution in [0.5, 0.6) is 0 Å². The van der Waals surface area contributed by atoms with Crippen LogP contribution >= 0.6 is 0 Å². The zero-order valence-electron chi connectivity index (χ0n) is 17.3. The molecule has 1 aliphatic rings. The number of fused-ring (bicyclic) bond motifs is 2. The minimum absolute atomic E-state index is 0.147. The first-order chi connectivity index (χ1) is 15.7. The van der Waals surface area contributed by atoms with Gasteiger partial charge in [-0.3, -0.25) is 9.89 Å². The molecule has 160 valence electrons. The van der Waals surface area contributed by atoms with E-state index in [-0.39, 0.29) is 17.3 Å². The summed E-state index contributed by atoms with van der Waals surface area (Å²) in [6, 6.07) is 14.4. The lowest BCUT2D eigenvalue weighted by Crippen LogP contribution is -2.17. The van der Waals surface area contributed by atoms with Crippen LogP contribution < -0.4 is 5.56 Å². The maximum atomic E-state index is 13.8. The van der Waals surface area contributed by atoms with Crippen LogP contribution in [-0.4, -0.2) is 33.0 Å². The van der Waals surface area contributed by atoms with E-state index in [0.717, 1.165) is 57.2 Å². The van der Waals surface area contributed by atoms with E-state index in [2.05, 4.69) is 31.9 Å². The van der Waals surface area contributed by atoms with Gasteiger partial charge < -0.3 is 14.3 Å². The smallest absolute Gasteiger partial charge is 0.248 e. The second-order valence-corrected chi connectivity index (χ2v) is 8.23. The number of aromatic amines is 2. The number of rotatable bonds is 3. The molecule has 32 heavy (non-hydrogen) atoms. The summed E-state index contributed by atoms with van der Waals surface area (Å²) in [5.41, 5.74) is 5.68. The molecule has 5 aromatic rings. The highest BCUT2D eigenvalue weighted by molar-refractivity contribution is 6.05. The van der Waals surface area contributed by atoms with E-state index in [0.29, 0.717) is 13.2 Å². The fourth-order valence-electron chi connectivity index (χ4n) is 4.87. The topological polar surface area (TPSA) is 75.7 Å². The standard InChI is InChI=1S/C25H21FN4O2/c26-18-1-3-19(4-2-18)30-22-11-17-14-28-29-21(17)13-20(22)24(16-5-8-27-23(31)12-16)25(30)15-6-9-32-10-7-15/h1-5,8,11-15H,6-7,9-10H2,(H,27,31)(H,28,29). The van der Waals surface area contributed by atoms with Gasteiger partial charge in [-0.15, -0.1) is 0 Å². The molecule has 0 radical (unpaired) electrons. The summed E-state index contributed by atoms with van der Waals surface area (Å²) in [5.74, 6) is -0.0307. The molecule has 1 saturated heterocycles. The minimum Gasteiger partial charge on any atom is -0.381 e. The summed E-state index contributed by atoms with van der Waals surface area (Å²) in [5, 5.41) is 9.27. The van der Waals surface area contributed by atoms with Crippen LogP contribution in [0, 0.1) is 5.82 Å². The molecule has 1 fully saturated rings. The van der Waals surface area contributed by atoms with Crippen molar-refractivity contribution in [3.63, 3.8) is 0 Å². The van der Waals surface area contributed by atoms with Gasteiger partial charge in [0, 0.05) is 59.1 Å². The first-order valence-electron chi connectivity index (χ1n) is 10.7. The van der Waals surface area contributed by atoms with E-state index in [9.17, 15) is 9.18 Å². The zero-order valence-corrected chi connectivity index (χ0v) is 17.3. The third-order valence-corrected chi connectivity index (χ3v) is 6.32. The molecule has 1 aliphatic heterocycles. The maximum Gasteiger partial charge on any atom is 0.248 e. The molecule has 6 rings (SSSR count). The number of ether oxygens (including phenoxy) is 1. The molecule has 2 N–H and O–H groups in total. The predicted molar refractivity (Wildman–Crippen MR) is 122 cm³/mol. The lowest BCUT2D eigenvalue weighted by molar-refractivity contribution is 0.0843. The van der Waals surface area contributed by atoms with E-state index in [1.54, 1.807) is 30.6 Å². The third kappa shape index (κ3) is 3.05. The van der Waals surface area contributed by atoms with E-state index >= 15 is 0 Å². The van der Waals surface area contributed by atoms with Gasteiger partial charge in [-0.2, -0.15) is 5.10 Å². The summed E-state index contributed by atoms with van der Waals surface area (Å²) in [4.78, 5) is 15.0. The maximum absolute atomic E-state index is 13.8. The van der Waals surface area contributed by atoms with Crippen LogP contribution in [-0.2, 0) is 4.74 Å². The summed E-state index contributed by atoms with van der Waals surface area (Å²) in [6.45, 7) is 1.38. The number of nitrogens with zero attached hydrogens (tertiary/aromatic N) is 2. The number of H-pyrrole nitrogens is 2. The van der Waals surface area contributed by atoms with Gasteiger partial charge in [-0.25, -0.2) is 4.39 Å². The Morgan fingerprint density at radius 3 is 2.66 bits per heavy atom. The Kier molecular flexibility index (Phi) is 4.43. The summed E-state index contributed by atoms with van der Waals surface area (Å²) < 4.78 is 21.6. The number of hydrogen-bond acceptors (Lipinski definition) is 3. The number of pyridine rings is 1. The molecule has 0 saturated carbocycles. The van der Waals surface area contributed by atoms with E-state index in [1.807, 2.05) is 6.07 Å². The summed E-state index contributed by atoms with van der Waals surface area (Å²) in [6.07, 6.45) is 5.25. The molecule has 0 amide bonds. The Morgan fingerprint density at radius 2 is 1.88 bits per heavy atom. The number of halogens is 1. The van der Waals surface area contributed by atoms with E-state index in [1.165, 1.54) is 12.1 Å². The van der Waals surface area contributed by atoms with Crippen LogP contribution in [0.25, 0.3) is 38.6 Å². The molecule has 0 bridgehead atoms. The average Bonchev–Trinajstić information content (AvgIpc) is 3.40. The minimum atomic E-state index is -0.273. The molecule has 0 unspecified atom stereocenters. The van der Waals surface area contributed by atoms with Gasteiger partial charge in [0.2, 0.25) is 5.56 Å². The van der Waals surface area contributed by atoms with Crippen molar-refractivity contribution < 1.29 is 9.13 Å². The first-order valence-corrected chi connectivity index (χ1v) is 10.7. The average molecular weight is 428 g/mol. The zero-order chi connectivity index (χ0) is 21.7. The largest absolute Gasteiger partial charge is 0.381 e. The number of benzene rings is 2. The van der Waals surface area contributed by atoms with Crippen molar-refractivity contribution in [2.75, 3.05) is 13.2 Å². The van der Waals surface area contributed by atoms with Gasteiger partial charge >= 0.3 is 0 Å². The molecule has 7 heteroatoms. The van der Waals surface area contributed by atoms with Crippen molar-refractivity contribution in [3.05, 3.63) is 82.8 Å². The monoisotopic (exact) mass is 428 g/mol. The molecule has 4 heterocycles. The quantitative estimate of drug-likeness (QED) is 0.429. The summed E-state index contributed by atoms with van der Waals surface area (Å²) in [7, 11) is 0. The van der Waals surface area contributed by atoms with Crippen molar-refractivity contribution in [1.82, 2.24) is 19.7 Å². The van der Waals surface area contributed by atoms with Gasteiger partial charge in [-0.1, -0.05) is 0 Å². The molecular weight excluding hydrogens is 407 g/mol. The Morgan fingerprint density at radius 1 is 1.06 bits per heavy atom. The molecule has 0 aliphatic carbocycles. The van der Waals surface area contributed by atoms with E-state index < -0.39 is 0 Å². The van der Waals surface area contributed by atoms with Gasteiger partial charge in [-0.05, 0) is 60.9 Å². The summed E-state index contributed by atoms with van der Waals surface area (Å²) >= 11 is 0. The first kappa shape index (κ1) is 19.0. The number of aromatic nitrogens is 4. The fourth-order valence-corrected chi connectivity index (χ4v) is 4.87. The Hall–Kier alpha value is -3.71. The normalized spacial score (nSPS) is 15.0. The van der Waals surface area contributed by atoms with Crippen molar-refractivity contribution in [1.29, 1.82) is 0 Å². The van der Waals surface area contributed by atoms with Gasteiger partial charge in [0.1, 0.15) is 5.82 Å². The van der Waals surface area contributed by atoms with Crippen LogP contribution in [0.15, 0.2) is 65.7 Å². The molecular formula is C25H21FN4O2. The molecule has 2 aromatic carbocycles. The van der Waals surface area contributed by atoms with Crippen molar-refractivity contribution in [3.8, 4) is 16.8 Å². The lowest BCUT2D eigenvalue weighted by Gasteiger charge is -2.25. The highest BCUT2D eigenvalue weighted by Gasteiger charge is 2.28. The van der Waals surface area contributed by atoms with Crippen molar-refractivity contribution in [2.45, 2.75) is 18.8 Å². The predicted octanol–water partition coefficient (Wildman–Crippen LogP) is 4.90. The molecule has 0 spiro atoms. The van der Waals surface area contributed by atoms with Crippen LogP contribution in [0.4, 0.5) is 4.39 Å². The second kappa shape index (κ2) is 7.46. The number of nitrogens with one attached hydrogen (secondary N) is 2. The SMILES string of the molecule is O=c1cc(-c2c(C3CCOCC3)n(-c3ccc(F)cc3)c3cc4cn[nH]c4cc23)cc[nH]1. The van der Waals surface area contributed by atoms with Crippen LogP contribution in [0.3, 0.4) is 0 Å². The number of hydrogen-bond donors (Lipinski definition) is 2. The lowest BCUT2D eigenvalue weighted by atomic mass is 9.90. The molecule has 3 aromatic heterocycles. The Balaban J connectivity index is 1.76. The van der Waals surface area contributed by atoms with Crippen molar-refractivity contribution in [2.24, 2.45) is 0 Å². The molecule has 0 atom stereocenters. The Bertz CT molecular complexity index is 1490. The van der Waals surface area contributed by atoms with Crippen LogP contribution in [0.2, 0.25) is 0 Å². The fraction of sp³-hybridized carbons (Fsp3) is 0.200. The van der Waals surface area contributed by atoms with Gasteiger partial charge in [0.05, 0.1) is 17.2 Å². The van der Waals surface area contributed by atoms with Crippen molar-refractivity contribution >= 4 is 21.8 Å². The molecule has 6 nitrogen and oxygen atoms in total. The highest BCUT2D eigenvalue weighted by Crippen LogP contribution is 2.44. The second-order valence-electron chi connectivity index (χ2n) is 8.23.